The third-order valence-corrected chi connectivity index (χ3v) is 3.65. The Balaban J connectivity index is 2.47. The number of hydrogen-bond acceptors (Lipinski definition) is 4. The van der Waals surface area contributed by atoms with Crippen LogP contribution in [0.25, 0.3) is 0 Å². The first-order valence-electron chi connectivity index (χ1n) is 6.82. The van der Waals surface area contributed by atoms with Crippen LogP contribution in [0.5, 0.6) is 5.75 Å². The first-order valence-corrected chi connectivity index (χ1v) is 7.20. The van der Waals surface area contributed by atoms with Crippen LogP contribution in [0, 0.1) is 5.82 Å². The summed E-state index contributed by atoms with van der Waals surface area (Å²) in [5.74, 6) is -2.32. The number of halogens is 2. The largest absolute Gasteiger partial charge is 0.479 e. The summed E-state index contributed by atoms with van der Waals surface area (Å²) in [5.41, 5.74) is -0.375. The van der Waals surface area contributed by atoms with Crippen LogP contribution in [0.2, 0.25) is 5.02 Å². The van der Waals surface area contributed by atoms with Crippen molar-refractivity contribution in [2.75, 3.05) is 25.7 Å². The fourth-order valence-electron chi connectivity index (χ4n) is 2.09. The molecule has 0 saturated carbocycles. The van der Waals surface area contributed by atoms with Crippen molar-refractivity contribution in [2.45, 2.75) is 13.0 Å². The Hall–Kier alpha value is -2.55. The second kappa shape index (κ2) is 6.52. The lowest BCUT2D eigenvalue weighted by molar-refractivity contribution is -0.144. The van der Waals surface area contributed by atoms with Gasteiger partial charge in [0.05, 0.1) is 17.4 Å². The van der Waals surface area contributed by atoms with Crippen LogP contribution in [0.1, 0.15) is 6.92 Å². The Kier molecular flexibility index (Phi) is 4.83. The highest BCUT2D eigenvalue weighted by molar-refractivity contribution is 6.32. The van der Waals surface area contributed by atoms with Crippen molar-refractivity contribution in [2.24, 2.45) is 0 Å². The van der Waals surface area contributed by atoms with Gasteiger partial charge in [-0.1, -0.05) is 11.6 Å². The number of carboxylic acids is 1. The first-order chi connectivity index (χ1) is 11.1. The molecule has 4 amide bonds. The lowest BCUT2D eigenvalue weighted by atomic mass is 10.2. The van der Waals surface area contributed by atoms with E-state index in [1.807, 2.05) is 0 Å². The molecule has 1 fully saturated rings. The molecule has 10 heteroatoms. The molecule has 8 nitrogen and oxygen atoms in total. The van der Waals surface area contributed by atoms with Gasteiger partial charge in [0.15, 0.2) is 6.10 Å². The number of nitrogens with zero attached hydrogens (tertiary/aromatic N) is 3. The molecule has 1 aromatic carbocycles. The van der Waals surface area contributed by atoms with E-state index >= 15 is 0 Å². The molecular formula is C14H15ClFN3O5. The van der Waals surface area contributed by atoms with Crippen molar-refractivity contribution >= 4 is 35.3 Å². The standard InChI is InChI=1S/C14H15ClFN3O5/c1-7(12(20)21)24-11-5-10(9(16)4-8(11)15)19-13(22)17(2)6-18(3)14(19)23/h4-5,7H,6H2,1-3H3,(H,20,21)/t7-/m1/s1. The topological polar surface area (TPSA) is 90.4 Å². The molecule has 1 N–H and O–H groups in total. The normalized spacial score (nSPS) is 16.5. The van der Waals surface area contributed by atoms with Gasteiger partial charge >= 0.3 is 18.0 Å². The monoisotopic (exact) mass is 359 g/mol. The number of anilines is 1. The number of aliphatic carboxylic acids is 1. The average Bonchev–Trinajstić information content (AvgIpc) is 2.49. The molecule has 1 heterocycles. The van der Waals surface area contributed by atoms with Crippen molar-refractivity contribution in [3.05, 3.63) is 23.0 Å². The van der Waals surface area contributed by atoms with E-state index in [0.29, 0.717) is 4.90 Å². The number of benzene rings is 1. The van der Waals surface area contributed by atoms with Gasteiger partial charge in [0.25, 0.3) is 0 Å². The maximum absolute atomic E-state index is 14.3. The summed E-state index contributed by atoms with van der Waals surface area (Å²) < 4.78 is 19.4. The number of carboxylic acid groups (broad SMARTS) is 1. The van der Waals surface area contributed by atoms with Crippen LogP contribution >= 0.6 is 11.6 Å². The molecule has 0 radical (unpaired) electrons. The molecule has 130 valence electrons. The molecule has 1 saturated heterocycles. The molecule has 0 spiro atoms. The van der Waals surface area contributed by atoms with Crippen LogP contribution in [0.15, 0.2) is 12.1 Å². The van der Waals surface area contributed by atoms with E-state index < -0.39 is 30.0 Å². The number of amides is 4. The minimum absolute atomic E-state index is 0.0583. The number of carbonyl (C=O) groups excluding carboxylic acids is 2. The number of urea groups is 2. The summed E-state index contributed by atoms with van der Waals surface area (Å²) >= 11 is 5.85. The Morgan fingerprint density at radius 1 is 1.29 bits per heavy atom. The molecule has 2 rings (SSSR count). The highest BCUT2D eigenvalue weighted by atomic mass is 35.5. The van der Waals surface area contributed by atoms with Crippen LogP contribution in [-0.4, -0.2) is 59.8 Å². The first kappa shape index (κ1) is 17.8. The van der Waals surface area contributed by atoms with Gasteiger partial charge in [-0.05, 0) is 13.0 Å². The second-order valence-corrected chi connectivity index (χ2v) is 5.68. The van der Waals surface area contributed by atoms with E-state index in [1.54, 1.807) is 0 Å². The van der Waals surface area contributed by atoms with Gasteiger partial charge in [-0.2, -0.15) is 0 Å². The smallest absolute Gasteiger partial charge is 0.344 e. The number of imide groups is 1. The van der Waals surface area contributed by atoms with Gasteiger partial charge in [0.1, 0.15) is 11.6 Å². The Labute approximate surface area is 141 Å². The highest BCUT2D eigenvalue weighted by Gasteiger charge is 2.36. The third kappa shape index (κ3) is 3.21. The maximum atomic E-state index is 14.3. The Morgan fingerprint density at radius 3 is 2.33 bits per heavy atom. The summed E-state index contributed by atoms with van der Waals surface area (Å²) in [4.78, 5) is 38.4. The second-order valence-electron chi connectivity index (χ2n) is 5.27. The zero-order valence-corrected chi connectivity index (χ0v) is 13.9. The van der Waals surface area contributed by atoms with Crippen molar-refractivity contribution < 1.29 is 28.6 Å². The molecule has 1 atom stereocenters. The minimum Gasteiger partial charge on any atom is -0.479 e. The van der Waals surface area contributed by atoms with Gasteiger partial charge in [0, 0.05) is 20.2 Å². The van der Waals surface area contributed by atoms with Crippen molar-refractivity contribution in [1.82, 2.24) is 9.80 Å². The molecule has 1 aliphatic heterocycles. The maximum Gasteiger partial charge on any atom is 0.344 e. The third-order valence-electron chi connectivity index (χ3n) is 3.35. The molecule has 0 bridgehead atoms. The van der Waals surface area contributed by atoms with Crippen molar-refractivity contribution in [3.8, 4) is 5.75 Å². The molecular weight excluding hydrogens is 345 g/mol. The Bertz CT molecular complexity index is 694. The van der Waals surface area contributed by atoms with E-state index in [2.05, 4.69) is 0 Å². The quantitative estimate of drug-likeness (QED) is 0.890. The molecule has 0 aromatic heterocycles. The van der Waals surface area contributed by atoms with Gasteiger partial charge in [-0.25, -0.2) is 23.7 Å². The van der Waals surface area contributed by atoms with Gasteiger partial charge in [-0.3, -0.25) is 0 Å². The number of rotatable bonds is 4. The predicted molar refractivity (Wildman–Crippen MR) is 82.8 cm³/mol. The van der Waals surface area contributed by atoms with Crippen molar-refractivity contribution in [1.29, 1.82) is 0 Å². The fourth-order valence-corrected chi connectivity index (χ4v) is 2.28. The van der Waals surface area contributed by atoms with E-state index in [1.165, 1.54) is 30.8 Å². The summed E-state index contributed by atoms with van der Waals surface area (Å²) in [5, 5.41) is 8.71. The molecule has 0 unspecified atom stereocenters. The van der Waals surface area contributed by atoms with E-state index in [-0.39, 0.29) is 23.1 Å². The number of ether oxygens (including phenoxy) is 1. The molecule has 1 aliphatic rings. The summed E-state index contributed by atoms with van der Waals surface area (Å²) in [6.07, 6.45) is -1.25. The molecule has 1 aromatic rings. The van der Waals surface area contributed by atoms with Crippen LogP contribution in [0.3, 0.4) is 0 Å². The summed E-state index contributed by atoms with van der Waals surface area (Å²) in [7, 11) is 2.91. The van der Waals surface area contributed by atoms with E-state index in [9.17, 15) is 18.8 Å². The lowest BCUT2D eigenvalue weighted by Crippen LogP contribution is -2.59. The SMILES string of the molecule is C[C@@H](Oc1cc(N2C(=O)N(C)CN(C)C2=O)c(F)cc1Cl)C(=O)O. The zero-order chi connectivity index (χ0) is 18.2. The highest BCUT2D eigenvalue weighted by Crippen LogP contribution is 2.34. The average molecular weight is 360 g/mol. The molecule has 0 aliphatic carbocycles. The zero-order valence-electron chi connectivity index (χ0n) is 13.1. The fraction of sp³-hybridized carbons (Fsp3) is 0.357. The molecule has 24 heavy (non-hydrogen) atoms. The number of carbonyl (C=O) groups is 3. The van der Waals surface area contributed by atoms with Crippen LogP contribution in [0.4, 0.5) is 19.7 Å². The van der Waals surface area contributed by atoms with Crippen LogP contribution < -0.4 is 9.64 Å². The number of hydrogen-bond donors (Lipinski definition) is 1. The van der Waals surface area contributed by atoms with Crippen LogP contribution in [-0.2, 0) is 4.79 Å². The van der Waals surface area contributed by atoms with Gasteiger partial charge in [0.2, 0.25) is 0 Å². The summed E-state index contributed by atoms with van der Waals surface area (Å²) in [6, 6.07) is 0.434. The summed E-state index contributed by atoms with van der Waals surface area (Å²) in [6.45, 7) is 1.32. The van der Waals surface area contributed by atoms with E-state index in [0.717, 1.165) is 12.1 Å². The lowest BCUT2D eigenvalue weighted by Gasteiger charge is -2.37. The van der Waals surface area contributed by atoms with Gasteiger partial charge in [-0.15, -0.1) is 0 Å². The van der Waals surface area contributed by atoms with E-state index in [4.69, 9.17) is 21.4 Å². The van der Waals surface area contributed by atoms with Gasteiger partial charge < -0.3 is 19.6 Å². The Morgan fingerprint density at radius 2 is 1.83 bits per heavy atom. The van der Waals surface area contributed by atoms with Crippen molar-refractivity contribution in [3.63, 3.8) is 0 Å². The minimum atomic E-state index is -1.25. The predicted octanol–water partition coefficient (Wildman–Crippen LogP) is 2.21.